The number of rotatable bonds is 11. The molecule has 0 spiro atoms. The third-order valence-corrected chi connectivity index (χ3v) is 6.73. The van der Waals surface area contributed by atoms with Crippen LogP contribution >= 0.6 is 0 Å². The predicted octanol–water partition coefficient (Wildman–Crippen LogP) is 5.60. The fraction of sp³-hybridized carbons (Fsp3) is 0.414. The molecule has 0 saturated heterocycles. The third-order valence-electron chi connectivity index (χ3n) is 6.73. The van der Waals surface area contributed by atoms with Crippen molar-refractivity contribution in [1.29, 1.82) is 0 Å². The number of oxazole rings is 1. The van der Waals surface area contributed by atoms with Crippen LogP contribution in [-0.2, 0) is 24.2 Å². The number of aliphatic carboxylic acids is 1. The Morgan fingerprint density at radius 1 is 1.06 bits per heavy atom. The minimum atomic E-state index is -0.856. The van der Waals surface area contributed by atoms with Crippen LogP contribution in [-0.4, -0.2) is 28.6 Å². The lowest BCUT2D eigenvalue weighted by molar-refractivity contribution is -0.136. The van der Waals surface area contributed by atoms with Crippen molar-refractivity contribution in [2.24, 2.45) is 0 Å². The zero-order valence-corrected chi connectivity index (χ0v) is 20.8. The summed E-state index contributed by atoms with van der Waals surface area (Å²) in [5, 5.41) is 12.0. The van der Waals surface area contributed by atoms with E-state index in [4.69, 9.17) is 19.2 Å². The monoisotopic (exact) mass is 490 g/mol. The Kier molecular flexibility index (Phi) is 8.76. The number of carbonyl (C=O) groups is 2. The lowest BCUT2D eigenvalue weighted by Gasteiger charge is -2.17. The normalized spacial score (nSPS) is 13.9. The summed E-state index contributed by atoms with van der Waals surface area (Å²) in [5.74, 6) is 1.78. The summed E-state index contributed by atoms with van der Waals surface area (Å²) in [6.07, 6.45) is 7.11. The van der Waals surface area contributed by atoms with Crippen molar-refractivity contribution in [2.45, 2.75) is 70.8 Å². The zero-order valence-electron chi connectivity index (χ0n) is 20.8. The predicted molar refractivity (Wildman–Crippen MR) is 136 cm³/mol. The van der Waals surface area contributed by atoms with Gasteiger partial charge in [0.05, 0.1) is 12.3 Å². The van der Waals surface area contributed by atoms with Gasteiger partial charge in [0.25, 0.3) is 5.91 Å². The van der Waals surface area contributed by atoms with E-state index in [0.29, 0.717) is 36.7 Å². The van der Waals surface area contributed by atoms with Gasteiger partial charge in [0.1, 0.15) is 11.5 Å². The van der Waals surface area contributed by atoms with E-state index in [2.05, 4.69) is 5.32 Å². The van der Waals surface area contributed by atoms with E-state index in [1.807, 2.05) is 43.3 Å². The van der Waals surface area contributed by atoms with Crippen LogP contribution in [0, 0.1) is 6.92 Å². The molecule has 7 nitrogen and oxygen atoms in total. The number of benzene rings is 2. The van der Waals surface area contributed by atoms with Crippen molar-refractivity contribution in [3.8, 4) is 5.75 Å². The molecule has 1 aromatic heterocycles. The summed E-state index contributed by atoms with van der Waals surface area (Å²) < 4.78 is 12.0. The lowest BCUT2D eigenvalue weighted by atomic mass is 9.89. The Morgan fingerprint density at radius 3 is 2.58 bits per heavy atom. The van der Waals surface area contributed by atoms with Crippen LogP contribution in [0.4, 0.5) is 0 Å². The number of nitrogens with zero attached hydrogens (tertiary/aromatic N) is 1. The van der Waals surface area contributed by atoms with Gasteiger partial charge >= 0.3 is 5.97 Å². The number of carboxylic acids is 1. The van der Waals surface area contributed by atoms with Crippen molar-refractivity contribution in [3.05, 3.63) is 82.6 Å². The zero-order chi connectivity index (χ0) is 25.3. The molecule has 7 heteroatoms. The molecule has 1 aliphatic rings. The number of aryl methyl sites for hydroxylation is 2. The maximum Gasteiger partial charge on any atom is 0.303 e. The van der Waals surface area contributed by atoms with Gasteiger partial charge in [-0.15, -0.1) is 0 Å². The van der Waals surface area contributed by atoms with Gasteiger partial charge in [-0.1, -0.05) is 43.5 Å². The summed E-state index contributed by atoms with van der Waals surface area (Å²) >= 11 is 0. The van der Waals surface area contributed by atoms with E-state index in [1.54, 1.807) is 12.1 Å². The molecule has 36 heavy (non-hydrogen) atoms. The van der Waals surface area contributed by atoms with Gasteiger partial charge in [0, 0.05) is 30.9 Å². The smallest absolute Gasteiger partial charge is 0.303 e. The van der Waals surface area contributed by atoms with Gasteiger partial charge in [-0.2, -0.15) is 0 Å². The molecule has 3 aromatic rings. The van der Waals surface area contributed by atoms with Gasteiger partial charge in [0.2, 0.25) is 0 Å². The number of nitrogens with one attached hydrogen (secondary N) is 1. The molecule has 0 aliphatic heterocycles. The molecule has 1 saturated carbocycles. The fourth-order valence-electron chi connectivity index (χ4n) is 4.68. The molecule has 1 fully saturated rings. The van der Waals surface area contributed by atoms with Crippen molar-refractivity contribution in [1.82, 2.24) is 10.3 Å². The van der Waals surface area contributed by atoms with E-state index in [0.717, 1.165) is 41.3 Å². The largest absolute Gasteiger partial charge is 0.493 e. The summed E-state index contributed by atoms with van der Waals surface area (Å²) in [6, 6.07) is 14.6. The first-order valence-corrected chi connectivity index (χ1v) is 12.8. The van der Waals surface area contributed by atoms with Gasteiger partial charge in [-0.05, 0) is 61.6 Å². The van der Waals surface area contributed by atoms with Gasteiger partial charge in [-0.3, -0.25) is 9.59 Å². The molecule has 0 bridgehead atoms. The molecule has 190 valence electrons. The van der Waals surface area contributed by atoms with Gasteiger partial charge < -0.3 is 19.6 Å². The highest BCUT2D eigenvalue weighted by Gasteiger charge is 2.22. The first-order valence-electron chi connectivity index (χ1n) is 12.8. The SMILES string of the molecule is Cc1oc(C2CCCCC2)nc1CCOc1ccc(CCC(=O)O)c(CNC(=O)c2ccccc2)c1. The molecular formula is C29H34N2O5. The molecule has 1 amide bonds. The lowest BCUT2D eigenvalue weighted by Crippen LogP contribution is -2.23. The fourth-order valence-corrected chi connectivity index (χ4v) is 4.68. The molecule has 0 unspecified atom stereocenters. The Labute approximate surface area is 211 Å². The van der Waals surface area contributed by atoms with Crippen molar-refractivity contribution in [3.63, 3.8) is 0 Å². The highest BCUT2D eigenvalue weighted by Crippen LogP contribution is 2.33. The number of carboxylic acid groups (broad SMARTS) is 1. The van der Waals surface area contributed by atoms with Gasteiger partial charge in [-0.25, -0.2) is 4.98 Å². The average molecular weight is 491 g/mol. The molecule has 4 rings (SSSR count). The maximum absolute atomic E-state index is 12.5. The highest BCUT2D eigenvalue weighted by molar-refractivity contribution is 5.94. The van der Waals surface area contributed by atoms with Crippen LogP contribution in [0.25, 0.3) is 0 Å². The molecule has 2 aromatic carbocycles. The maximum atomic E-state index is 12.5. The highest BCUT2D eigenvalue weighted by atomic mass is 16.5. The molecule has 2 N–H and O–H groups in total. The quantitative estimate of drug-likeness (QED) is 0.363. The summed E-state index contributed by atoms with van der Waals surface area (Å²) in [7, 11) is 0. The topological polar surface area (TPSA) is 102 Å². The van der Waals surface area contributed by atoms with Crippen LogP contribution in [0.3, 0.4) is 0 Å². The van der Waals surface area contributed by atoms with E-state index in [1.165, 1.54) is 19.3 Å². The second kappa shape index (κ2) is 12.4. The first kappa shape index (κ1) is 25.5. The Bertz CT molecular complexity index is 1170. The summed E-state index contributed by atoms with van der Waals surface area (Å²) in [6.45, 7) is 2.69. The minimum absolute atomic E-state index is 0.0224. The number of ether oxygens (including phenoxy) is 1. The number of carbonyl (C=O) groups excluding carboxylic acids is 1. The van der Waals surface area contributed by atoms with E-state index >= 15 is 0 Å². The molecule has 0 radical (unpaired) electrons. The third kappa shape index (κ3) is 6.97. The first-order chi connectivity index (χ1) is 17.5. The molecular weight excluding hydrogens is 456 g/mol. The van der Waals surface area contributed by atoms with Crippen LogP contribution in [0.5, 0.6) is 5.75 Å². The number of amides is 1. The molecule has 1 heterocycles. The van der Waals surface area contributed by atoms with Crippen molar-refractivity contribution in [2.75, 3.05) is 6.61 Å². The minimum Gasteiger partial charge on any atom is -0.493 e. The number of hydrogen-bond donors (Lipinski definition) is 2. The van der Waals surface area contributed by atoms with E-state index < -0.39 is 5.97 Å². The second-order valence-corrected chi connectivity index (χ2v) is 9.36. The van der Waals surface area contributed by atoms with Crippen molar-refractivity contribution >= 4 is 11.9 Å². The Balaban J connectivity index is 1.38. The van der Waals surface area contributed by atoms with Crippen LogP contribution in [0.15, 0.2) is 52.9 Å². The van der Waals surface area contributed by atoms with Gasteiger partial charge in [0.15, 0.2) is 5.89 Å². The standard InChI is InChI=1S/C29H34N2O5/c1-20-26(31-29(36-20)23-10-6-3-7-11-23)16-17-35-25-14-12-21(13-15-27(32)33)24(18-25)19-30-28(34)22-8-4-2-5-9-22/h2,4-5,8-9,12,14,18,23H,3,6-7,10-11,13,15-17,19H2,1H3,(H,30,34)(H,32,33). The Morgan fingerprint density at radius 2 is 1.83 bits per heavy atom. The van der Waals surface area contributed by atoms with Crippen LogP contribution in [0.2, 0.25) is 0 Å². The summed E-state index contributed by atoms with van der Waals surface area (Å²) in [4.78, 5) is 28.4. The van der Waals surface area contributed by atoms with Crippen LogP contribution < -0.4 is 10.1 Å². The van der Waals surface area contributed by atoms with E-state index in [9.17, 15) is 9.59 Å². The second-order valence-electron chi connectivity index (χ2n) is 9.36. The van der Waals surface area contributed by atoms with Crippen LogP contribution in [0.1, 0.15) is 83.3 Å². The summed E-state index contributed by atoms with van der Waals surface area (Å²) in [5.41, 5.74) is 3.23. The number of aromatic nitrogens is 1. The Hall–Kier alpha value is -3.61. The van der Waals surface area contributed by atoms with Crippen molar-refractivity contribution < 1.29 is 23.8 Å². The van der Waals surface area contributed by atoms with E-state index in [-0.39, 0.29) is 18.9 Å². The molecule has 1 aliphatic carbocycles. The molecule has 0 atom stereocenters. The number of hydrogen-bond acceptors (Lipinski definition) is 5. The average Bonchev–Trinajstić information content (AvgIpc) is 3.27.